The van der Waals surface area contributed by atoms with Crippen molar-refractivity contribution in [3.8, 4) is 0 Å². The summed E-state index contributed by atoms with van der Waals surface area (Å²) in [7, 11) is -3.60. The van der Waals surface area contributed by atoms with Crippen LogP contribution in [0.4, 0.5) is 0 Å². The fourth-order valence-electron chi connectivity index (χ4n) is 3.40. The molecule has 1 N–H and O–H groups in total. The van der Waals surface area contributed by atoms with Crippen LogP contribution in [0.25, 0.3) is 0 Å². The zero-order valence-corrected chi connectivity index (χ0v) is 16.2. The second-order valence-corrected chi connectivity index (χ2v) is 8.82. The van der Waals surface area contributed by atoms with Crippen molar-refractivity contribution in [2.75, 3.05) is 12.3 Å². The van der Waals surface area contributed by atoms with Crippen LogP contribution in [-0.2, 0) is 24.3 Å². The van der Waals surface area contributed by atoms with E-state index in [4.69, 9.17) is 4.74 Å². The molecule has 148 valence electrons. The second-order valence-electron chi connectivity index (χ2n) is 7.06. The molecule has 1 amide bonds. The molecular formula is C18H25N3O5S. The standard InChI is InChI=1S/C18H25N3O5S/c1-13(17(22)19-14-7-4-2-3-5-8-14)26-18(23)15-9-6-10-21-11-12-27(24,25)20-16(15)21/h6,9-10,13-14H,2-5,7-8,11-12H2,1H3,(H,19,22)/t13-/m0/s1. The third-order valence-corrected chi connectivity index (χ3v) is 6.08. The third-order valence-electron chi connectivity index (χ3n) is 4.93. The molecule has 1 atom stereocenters. The number of amides is 1. The van der Waals surface area contributed by atoms with Gasteiger partial charge in [-0.1, -0.05) is 25.7 Å². The van der Waals surface area contributed by atoms with E-state index in [1.807, 2.05) is 0 Å². The first-order chi connectivity index (χ1) is 12.9. The minimum atomic E-state index is -3.60. The van der Waals surface area contributed by atoms with Crippen molar-refractivity contribution in [2.24, 2.45) is 4.40 Å². The number of nitrogens with one attached hydrogen (secondary N) is 1. The Balaban J connectivity index is 1.63. The van der Waals surface area contributed by atoms with Gasteiger partial charge in [-0.3, -0.25) is 4.79 Å². The van der Waals surface area contributed by atoms with E-state index < -0.39 is 22.1 Å². The second kappa shape index (κ2) is 8.24. The molecule has 9 heteroatoms. The van der Waals surface area contributed by atoms with Crippen LogP contribution in [0.3, 0.4) is 0 Å². The molecule has 0 radical (unpaired) electrons. The van der Waals surface area contributed by atoms with Crippen LogP contribution in [-0.4, -0.2) is 55.5 Å². The van der Waals surface area contributed by atoms with Crippen molar-refractivity contribution < 1.29 is 22.7 Å². The molecule has 3 rings (SSSR count). The van der Waals surface area contributed by atoms with Crippen molar-refractivity contribution in [3.05, 3.63) is 23.9 Å². The lowest BCUT2D eigenvalue weighted by Gasteiger charge is -2.28. The van der Waals surface area contributed by atoms with Crippen LogP contribution < -0.4 is 5.32 Å². The Morgan fingerprint density at radius 1 is 1.26 bits per heavy atom. The Hall–Kier alpha value is -2.16. The third kappa shape index (κ3) is 4.97. The first-order valence-electron chi connectivity index (χ1n) is 9.35. The first kappa shape index (κ1) is 19.6. The van der Waals surface area contributed by atoms with Crippen molar-refractivity contribution in [3.63, 3.8) is 0 Å². The molecule has 3 aliphatic rings. The van der Waals surface area contributed by atoms with E-state index in [2.05, 4.69) is 9.71 Å². The molecular weight excluding hydrogens is 370 g/mol. The number of allylic oxidation sites excluding steroid dienone is 2. The maximum Gasteiger partial charge on any atom is 0.342 e. The number of sulfonamides is 1. The van der Waals surface area contributed by atoms with Gasteiger partial charge in [-0.15, -0.1) is 4.40 Å². The van der Waals surface area contributed by atoms with Crippen molar-refractivity contribution in [2.45, 2.75) is 57.6 Å². The Labute approximate surface area is 159 Å². The molecule has 0 aromatic heterocycles. The van der Waals surface area contributed by atoms with Gasteiger partial charge in [0.05, 0.1) is 5.75 Å². The molecule has 1 fully saturated rings. The van der Waals surface area contributed by atoms with Crippen LogP contribution in [0.15, 0.2) is 28.3 Å². The highest BCUT2D eigenvalue weighted by molar-refractivity contribution is 7.90. The number of amidine groups is 1. The largest absolute Gasteiger partial charge is 0.449 e. The summed E-state index contributed by atoms with van der Waals surface area (Å²) in [5.74, 6) is -1.16. The zero-order chi connectivity index (χ0) is 19.4. The van der Waals surface area contributed by atoms with Crippen LogP contribution in [0.2, 0.25) is 0 Å². The van der Waals surface area contributed by atoms with Gasteiger partial charge in [0.1, 0.15) is 5.57 Å². The number of hydrogen-bond donors (Lipinski definition) is 1. The monoisotopic (exact) mass is 395 g/mol. The van der Waals surface area contributed by atoms with Gasteiger partial charge in [-0.05, 0) is 31.9 Å². The molecule has 2 heterocycles. The van der Waals surface area contributed by atoms with Gasteiger partial charge in [0, 0.05) is 18.8 Å². The Bertz CT molecular complexity index is 792. The average Bonchev–Trinajstić information content (AvgIpc) is 2.89. The van der Waals surface area contributed by atoms with Crippen LogP contribution in [0, 0.1) is 0 Å². The molecule has 0 saturated heterocycles. The van der Waals surface area contributed by atoms with E-state index in [-0.39, 0.29) is 35.7 Å². The molecule has 0 spiro atoms. The lowest BCUT2D eigenvalue weighted by Crippen LogP contribution is -2.44. The fourth-order valence-corrected chi connectivity index (χ4v) is 4.38. The number of rotatable bonds is 4. The summed E-state index contributed by atoms with van der Waals surface area (Å²) in [6, 6.07) is 0.112. The molecule has 1 aliphatic carbocycles. The first-order valence-corrected chi connectivity index (χ1v) is 11.0. The minimum absolute atomic E-state index is 0.0369. The van der Waals surface area contributed by atoms with E-state index in [9.17, 15) is 18.0 Å². The highest BCUT2D eigenvalue weighted by atomic mass is 32.2. The maximum atomic E-state index is 12.5. The minimum Gasteiger partial charge on any atom is -0.449 e. The Morgan fingerprint density at radius 2 is 1.96 bits per heavy atom. The molecule has 0 bridgehead atoms. The number of ether oxygens (including phenoxy) is 1. The quantitative estimate of drug-likeness (QED) is 0.567. The van der Waals surface area contributed by atoms with Crippen molar-refractivity contribution in [1.82, 2.24) is 10.2 Å². The van der Waals surface area contributed by atoms with E-state index in [1.165, 1.54) is 25.8 Å². The van der Waals surface area contributed by atoms with Gasteiger partial charge in [0.25, 0.3) is 15.9 Å². The molecule has 0 aromatic carbocycles. The number of esters is 1. The summed E-state index contributed by atoms with van der Waals surface area (Å²) in [6.07, 6.45) is 10.2. The topological polar surface area (TPSA) is 105 Å². The van der Waals surface area contributed by atoms with Gasteiger partial charge in [0.15, 0.2) is 11.9 Å². The fraction of sp³-hybridized carbons (Fsp3) is 0.611. The average molecular weight is 395 g/mol. The summed E-state index contributed by atoms with van der Waals surface area (Å²) in [5, 5.41) is 2.95. The number of nitrogens with zero attached hydrogens (tertiary/aromatic N) is 2. The summed E-state index contributed by atoms with van der Waals surface area (Å²) in [6.45, 7) is 1.74. The van der Waals surface area contributed by atoms with Gasteiger partial charge < -0.3 is 15.0 Å². The van der Waals surface area contributed by atoms with Crippen LogP contribution >= 0.6 is 0 Å². The summed E-state index contributed by atoms with van der Waals surface area (Å²) in [4.78, 5) is 26.5. The van der Waals surface area contributed by atoms with E-state index in [1.54, 1.807) is 17.2 Å². The van der Waals surface area contributed by atoms with Gasteiger partial charge in [-0.2, -0.15) is 0 Å². The molecule has 8 nitrogen and oxygen atoms in total. The Morgan fingerprint density at radius 3 is 2.67 bits per heavy atom. The maximum absolute atomic E-state index is 12.5. The lowest BCUT2D eigenvalue weighted by molar-refractivity contribution is -0.151. The van der Waals surface area contributed by atoms with Gasteiger partial charge in [-0.25, -0.2) is 13.2 Å². The van der Waals surface area contributed by atoms with Gasteiger partial charge in [0.2, 0.25) is 0 Å². The van der Waals surface area contributed by atoms with E-state index in [0.717, 1.165) is 25.7 Å². The molecule has 1 saturated carbocycles. The zero-order valence-electron chi connectivity index (χ0n) is 15.4. The number of hydrogen-bond acceptors (Lipinski definition) is 6. The van der Waals surface area contributed by atoms with Gasteiger partial charge >= 0.3 is 5.97 Å². The number of fused-ring (bicyclic) bond motifs is 1. The highest BCUT2D eigenvalue weighted by Gasteiger charge is 2.32. The summed E-state index contributed by atoms with van der Waals surface area (Å²) < 4.78 is 32.5. The number of carbonyl (C=O) groups is 2. The SMILES string of the molecule is C[C@H](OC(=O)C1=CC=CN2CCS(=O)(=O)N=C12)C(=O)NC1CCCCCC1. The van der Waals surface area contributed by atoms with Crippen molar-refractivity contribution in [1.29, 1.82) is 0 Å². The molecule has 2 aliphatic heterocycles. The lowest BCUT2D eigenvalue weighted by atomic mass is 10.1. The number of carbonyl (C=O) groups excluding carboxylic acids is 2. The smallest absolute Gasteiger partial charge is 0.342 e. The Kier molecular flexibility index (Phi) is 5.98. The molecule has 27 heavy (non-hydrogen) atoms. The summed E-state index contributed by atoms with van der Waals surface area (Å²) >= 11 is 0. The van der Waals surface area contributed by atoms with Crippen LogP contribution in [0.5, 0.6) is 0 Å². The van der Waals surface area contributed by atoms with E-state index >= 15 is 0 Å². The predicted octanol–water partition coefficient (Wildman–Crippen LogP) is 1.25. The molecule has 0 aromatic rings. The highest BCUT2D eigenvalue weighted by Crippen LogP contribution is 2.20. The van der Waals surface area contributed by atoms with Crippen LogP contribution in [0.1, 0.15) is 45.4 Å². The summed E-state index contributed by atoms with van der Waals surface area (Å²) in [5.41, 5.74) is 0.0369. The van der Waals surface area contributed by atoms with Crippen molar-refractivity contribution >= 4 is 27.7 Å². The normalized spacial score (nSPS) is 23.4. The van der Waals surface area contributed by atoms with E-state index in [0.29, 0.717) is 0 Å². The molecule has 0 unspecified atom stereocenters. The predicted molar refractivity (Wildman–Crippen MR) is 100 cm³/mol.